The van der Waals surface area contributed by atoms with Crippen molar-refractivity contribution in [3.05, 3.63) is 71.3 Å². The van der Waals surface area contributed by atoms with Gasteiger partial charge in [-0.1, -0.05) is 42.5 Å². The standard InChI is InChI=1S/C19H21N3O2/c1-14(16-9-7-15(13-20)8-10-16)22-19(24)21-12-11-18(23)17-5-3-2-4-6-17/h2-10,14,18,23H,11-12H2,1H3,(H2,21,22,24). The maximum absolute atomic E-state index is 11.9. The Bertz CT molecular complexity index is 693. The molecule has 24 heavy (non-hydrogen) atoms. The van der Waals surface area contributed by atoms with Gasteiger partial charge < -0.3 is 15.7 Å². The van der Waals surface area contributed by atoms with E-state index in [9.17, 15) is 9.90 Å². The number of carbonyl (C=O) groups is 1. The molecule has 0 saturated heterocycles. The van der Waals surface area contributed by atoms with Gasteiger partial charge in [-0.15, -0.1) is 0 Å². The molecule has 0 saturated carbocycles. The van der Waals surface area contributed by atoms with Gasteiger partial charge in [0.05, 0.1) is 23.8 Å². The summed E-state index contributed by atoms with van der Waals surface area (Å²) < 4.78 is 0. The Balaban J connectivity index is 1.75. The average molecular weight is 323 g/mol. The van der Waals surface area contributed by atoms with Crippen LogP contribution >= 0.6 is 0 Å². The van der Waals surface area contributed by atoms with Crippen molar-refractivity contribution in [2.24, 2.45) is 0 Å². The fourth-order valence-corrected chi connectivity index (χ4v) is 2.34. The van der Waals surface area contributed by atoms with Gasteiger partial charge in [0.2, 0.25) is 0 Å². The van der Waals surface area contributed by atoms with E-state index in [-0.39, 0.29) is 12.1 Å². The van der Waals surface area contributed by atoms with Gasteiger partial charge in [0, 0.05) is 6.54 Å². The van der Waals surface area contributed by atoms with Crippen LogP contribution in [0.25, 0.3) is 0 Å². The zero-order valence-electron chi connectivity index (χ0n) is 13.6. The summed E-state index contributed by atoms with van der Waals surface area (Å²) in [5.41, 5.74) is 2.35. The van der Waals surface area contributed by atoms with E-state index in [0.717, 1.165) is 11.1 Å². The van der Waals surface area contributed by atoms with Crippen LogP contribution in [0.4, 0.5) is 4.79 Å². The molecule has 2 atom stereocenters. The van der Waals surface area contributed by atoms with Gasteiger partial charge in [-0.05, 0) is 36.6 Å². The molecule has 0 heterocycles. The van der Waals surface area contributed by atoms with Gasteiger partial charge >= 0.3 is 6.03 Å². The van der Waals surface area contributed by atoms with Crippen molar-refractivity contribution in [2.75, 3.05) is 6.54 Å². The van der Waals surface area contributed by atoms with Crippen LogP contribution in [0.5, 0.6) is 0 Å². The number of urea groups is 1. The van der Waals surface area contributed by atoms with Gasteiger partial charge in [0.25, 0.3) is 0 Å². The predicted molar refractivity (Wildman–Crippen MR) is 92.1 cm³/mol. The van der Waals surface area contributed by atoms with Crippen molar-refractivity contribution in [3.8, 4) is 6.07 Å². The second kappa shape index (κ2) is 8.70. The molecule has 5 heteroatoms. The lowest BCUT2D eigenvalue weighted by molar-refractivity contribution is 0.166. The largest absolute Gasteiger partial charge is 0.388 e. The molecule has 5 nitrogen and oxygen atoms in total. The highest BCUT2D eigenvalue weighted by atomic mass is 16.3. The summed E-state index contributed by atoms with van der Waals surface area (Å²) >= 11 is 0. The number of nitrogens with zero attached hydrogens (tertiary/aromatic N) is 1. The second-order valence-corrected chi connectivity index (χ2v) is 5.57. The summed E-state index contributed by atoms with van der Waals surface area (Å²) in [5.74, 6) is 0. The maximum Gasteiger partial charge on any atom is 0.315 e. The minimum absolute atomic E-state index is 0.170. The van der Waals surface area contributed by atoms with E-state index in [4.69, 9.17) is 5.26 Å². The summed E-state index contributed by atoms with van der Waals surface area (Å²) in [4.78, 5) is 11.9. The third kappa shape index (κ3) is 5.11. The number of benzene rings is 2. The van der Waals surface area contributed by atoms with Crippen molar-refractivity contribution in [3.63, 3.8) is 0 Å². The first kappa shape index (κ1) is 17.5. The number of hydrogen-bond acceptors (Lipinski definition) is 3. The smallest absolute Gasteiger partial charge is 0.315 e. The monoisotopic (exact) mass is 323 g/mol. The molecule has 0 spiro atoms. The van der Waals surface area contributed by atoms with Crippen molar-refractivity contribution in [1.29, 1.82) is 5.26 Å². The summed E-state index contributed by atoms with van der Waals surface area (Å²) in [6.07, 6.45) is -0.148. The number of carbonyl (C=O) groups excluding carboxylic acids is 1. The van der Waals surface area contributed by atoms with E-state index in [1.54, 1.807) is 12.1 Å². The Morgan fingerprint density at radius 3 is 2.42 bits per heavy atom. The number of nitriles is 1. The normalized spacial score (nSPS) is 12.7. The number of amides is 2. The molecule has 0 aromatic heterocycles. The molecule has 2 amide bonds. The van der Waals surface area contributed by atoms with Crippen LogP contribution in [0.2, 0.25) is 0 Å². The molecule has 2 aromatic rings. The first-order chi connectivity index (χ1) is 11.6. The molecule has 0 aliphatic rings. The predicted octanol–water partition coefficient (Wildman–Crippen LogP) is 3.04. The molecule has 2 aromatic carbocycles. The Morgan fingerprint density at radius 1 is 1.12 bits per heavy atom. The van der Waals surface area contributed by atoms with E-state index in [1.807, 2.05) is 49.4 Å². The van der Waals surface area contributed by atoms with Crippen LogP contribution in [-0.2, 0) is 0 Å². The van der Waals surface area contributed by atoms with Crippen molar-refractivity contribution < 1.29 is 9.90 Å². The Hall–Kier alpha value is -2.84. The zero-order chi connectivity index (χ0) is 17.4. The number of aliphatic hydroxyl groups excluding tert-OH is 1. The third-order valence-electron chi connectivity index (χ3n) is 3.78. The topological polar surface area (TPSA) is 85.2 Å². The number of aliphatic hydroxyl groups is 1. The number of hydrogen-bond donors (Lipinski definition) is 3. The molecule has 2 unspecified atom stereocenters. The highest BCUT2D eigenvalue weighted by molar-refractivity contribution is 5.74. The van der Waals surface area contributed by atoms with Crippen LogP contribution in [-0.4, -0.2) is 17.7 Å². The van der Waals surface area contributed by atoms with Gasteiger partial charge in [-0.25, -0.2) is 4.79 Å². The van der Waals surface area contributed by atoms with E-state index in [2.05, 4.69) is 16.7 Å². The molecular formula is C19H21N3O2. The Kier molecular flexibility index (Phi) is 6.35. The quantitative estimate of drug-likeness (QED) is 0.764. The highest BCUT2D eigenvalue weighted by Crippen LogP contribution is 2.15. The maximum atomic E-state index is 11.9. The third-order valence-corrected chi connectivity index (χ3v) is 3.78. The minimum Gasteiger partial charge on any atom is -0.388 e. The van der Waals surface area contributed by atoms with Crippen LogP contribution in [0.3, 0.4) is 0 Å². The zero-order valence-corrected chi connectivity index (χ0v) is 13.6. The Labute approximate surface area is 141 Å². The molecule has 0 fully saturated rings. The van der Waals surface area contributed by atoms with Gasteiger partial charge in [0.15, 0.2) is 0 Å². The minimum atomic E-state index is -0.595. The Morgan fingerprint density at radius 2 is 1.79 bits per heavy atom. The van der Waals surface area contributed by atoms with Crippen LogP contribution in [0.15, 0.2) is 54.6 Å². The number of nitrogens with one attached hydrogen (secondary N) is 2. The summed E-state index contributed by atoms with van der Waals surface area (Å²) in [6.45, 7) is 2.25. The molecule has 2 rings (SSSR count). The average Bonchev–Trinajstić information content (AvgIpc) is 2.62. The van der Waals surface area contributed by atoms with E-state index in [0.29, 0.717) is 18.5 Å². The summed E-state index contributed by atoms with van der Waals surface area (Å²) in [6, 6.07) is 18.1. The number of rotatable bonds is 6. The lowest BCUT2D eigenvalue weighted by Gasteiger charge is -2.16. The lowest BCUT2D eigenvalue weighted by atomic mass is 10.1. The van der Waals surface area contributed by atoms with Crippen LogP contribution < -0.4 is 10.6 Å². The van der Waals surface area contributed by atoms with Crippen LogP contribution in [0.1, 0.15) is 42.2 Å². The lowest BCUT2D eigenvalue weighted by Crippen LogP contribution is -2.37. The first-order valence-electron chi connectivity index (χ1n) is 7.87. The second-order valence-electron chi connectivity index (χ2n) is 5.57. The molecule has 124 valence electrons. The molecule has 3 N–H and O–H groups in total. The first-order valence-corrected chi connectivity index (χ1v) is 7.87. The van der Waals surface area contributed by atoms with E-state index >= 15 is 0 Å². The van der Waals surface area contributed by atoms with Crippen molar-refractivity contribution in [1.82, 2.24) is 10.6 Å². The van der Waals surface area contributed by atoms with Crippen molar-refractivity contribution in [2.45, 2.75) is 25.5 Å². The van der Waals surface area contributed by atoms with E-state index < -0.39 is 6.10 Å². The van der Waals surface area contributed by atoms with Gasteiger partial charge in [0.1, 0.15) is 0 Å². The van der Waals surface area contributed by atoms with Crippen LogP contribution in [0, 0.1) is 11.3 Å². The molecular weight excluding hydrogens is 302 g/mol. The fourth-order valence-electron chi connectivity index (χ4n) is 2.34. The summed E-state index contributed by atoms with van der Waals surface area (Å²) in [7, 11) is 0. The molecule has 0 radical (unpaired) electrons. The fraction of sp³-hybridized carbons (Fsp3) is 0.263. The molecule has 0 aliphatic carbocycles. The van der Waals surface area contributed by atoms with Crippen molar-refractivity contribution >= 4 is 6.03 Å². The SMILES string of the molecule is CC(NC(=O)NCCC(O)c1ccccc1)c1ccc(C#N)cc1. The van der Waals surface area contributed by atoms with Gasteiger partial charge in [-0.3, -0.25) is 0 Å². The summed E-state index contributed by atoms with van der Waals surface area (Å²) in [5, 5.41) is 24.4. The molecule has 0 bridgehead atoms. The molecule has 0 aliphatic heterocycles. The van der Waals surface area contributed by atoms with Gasteiger partial charge in [-0.2, -0.15) is 5.26 Å². The van der Waals surface area contributed by atoms with E-state index in [1.165, 1.54) is 0 Å². The highest BCUT2D eigenvalue weighted by Gasteiger charge is 2.11.